The van der Waals surface area contributed by atoms with Crippen LogP contribution in [0.15, 0.2) is 28.7 Å². The summed E-state index contributed by atoms with van der Waals surface area (Å²) in [5.74, 6) is 0.301. The number of hydrogen-bond donors (Lipinski definition) is 1. The summed E-state index contributed by atoms with van der Waals surface area (Å²) in [6.45, 7) is 1.58. The van der Waals surface area contributed by atoms with Crippen LogP contribution in [-0.2, 0) is 11.2 Å². The molecular weight excluding hydrogens is 316 g/mol. The largest absolute Gasteiger partial charge is 0.345 e. The van der Waals surface area contributed by atoms with E-state index >= 15 is 0 Å². The Balaban J connectivity index is 1.89. The molecule has 0 unspecified atom stereocenters. The number of rotatable bonds is 6. The third-order valence-electron chi connectivity index (χ3n) is 4.28. The number of nitrogens with zero attached hydrogens (tertiary/aromatic N) is 1. The summed E-state index contributed by atoms with van der Waals surface area (Å²) in [6.07, 6.45) is 4.13. The molecule has 110 valence electrons. The number of hydrogen-bond acceptors (Lipinski definition) is 2. The van der Waals surface area contributed by atoms with E-state index in [-0.39, 0.29) is 5.41 Å². The van der Waals surface area contributed by atoms with Gasteiger partial charge in [-0.3, -0.25) is 4.79 Å². The van der Waals surface area contributed by atoms with Gasteiger partial charge in [-0.2, -0.15) is 0 Å². The van der Waals surface area contributed by atoms with Crippen molar-refractivity contribution in [2.45, 2.75) is 25.7 Å². The molecule has 1 aliphatic rings. The standard InChI is InChI=1S/C16H23BrN2O/c1-18-12-16(9-3-10-16)15(20)19(2)11-8-13-4-6-14(17)7-5-13/h4-7,18H,3,8-12H2,1-2H3. The average Bonchev–Trinajstić information content (AvgIpc) is 2.41. The van der Waals surface area contributed by atoms with Crippen LogP contribution in [0.5, 0.6) is 0 Å². The summed E-state index contributed by atoms with van der Waals surface area (Å²) in [6, 6.07) is 8.31. The van der Waals surface area contributed by atoms with E-state index in [0.29, 0.717) is 5.91 Å². The number of benzene rings is 1. The molecule has 0 spiro atoms. The molecule has 0 aromatic heterocycles. The summed E-state index contributed by atoms with van der Waals surface area (Å²) in [7, 11) is 3.85. The molecule has 0 atom stereocenters. The molecule has 20 heavy (non-hydrogen) atoms. The van der Waals surface area contributed by atoms with Gasteiger partial charge in [-0.25, -0.2) is 0 Å². The van der Waals surface area contributed by atoms with E-state index in [1.54, 1.807) is 0 Å². The van der Waals surface area contributed by atoms with E-state index in [1.165, 1.54) is 12.0 Å². The molecule has 1 aliphatic carbocycles. The van der Waals surface area contributed by atoms with Crippen LogP contribution in [0.2, 0.25) is 0 Å². The Morgan fingerprint density at radius 2 is 2.00 bits per heavy atom. The Kier molecular flexibility index (Phi) is 5.22. The molecule has 0 bridgehead atoms. The molecule has 1 amide bonds. The molecule has 0 saturated heterocycles. The van der Waals surface area contributed by atoms with Crippen LogP contribution in [0.25, 0.3) is 0 Å². The van der Waals surface area contributed by atoms with Gasteiger partial charge in [0.2, 0.25) is 5.91 Å². The van der Waals surface area contributed by atoms with Crippen LogP contribution in [0.1, 0.15) is 24.8 Å². The predicted molar refractivity (Wildman–Crippen MR) is 85.7 cm³/mol. The first-order valence-corrected chi connectivity index (χ1v) is 8.01. The summed E-state index contributed by atoms with van der Waals surface area (Å²) in [4.78, 5) is 14.5. The van der Waals surface area contributed by atoms with Crippen molar-refractivity contribution in [2.75, 3.05) is 27.2 Å². The quantitative estimate of drug-likeness (QED) is 0.864. The van der Waals surface area contributed by atoms with Crippen molar-refractivity contribution in [3.05, 3.63) is 34.3 Å². The van der Waals surface area contributed by atoms with Crippen molar-refractivity contribution >= 4 is 21.8 Å². The molecule has 1 N–H and O–H groups in total. The lowest BCUT2D eigenvalue weighted by Crippen LogP contribution is -2.51. The molecular formula is C16H23BrN2O. The Morgan fingerprint density at radius 1 is 1.35 bits per heavy atom. The highest BCUT2D eigenvalue weighted by Gasteiger charge is 2.44. The van der Waals surface area contributed by atoms with Gasteiger partial charge >= 0.3 is 0 Å². The van der Waals surface area contributed by atoms with E-state index in [2.05, 4.69) is 33.4 Å². The van der Waals surface area contributed by atoms with Gasteiger partial charge in [0.15, 0.2) is 0 Å². The van der Waals surface area contributed by atoms with Crippen molar-refractivity contribution < 1.29 is 4.79 Å². The monoisotopic (exact) mass is 338 g/mol. The molecule has 3 nitrogen and oxygen atoms in total. The maximum atomic E-state index is 12.6. The van der Waals surface area contributed by atoms with E-state index in [9.17, 15) is 4.79 Å². The zero-order chi connectivity index (χ0) is 14.6. The number of carbonyl (C=O) groups excluding carboxylic acids is 1. The van der Waals surface area contributed by atoms with Gasteiger partial charge in [-0.15, -0.1) is 0 Å². The van der Waals surface area contributed by atoms with E-state index in [1.807, 2.05) is 31.1 Å². The first kappa shape index (κ1) is 15.5. The minimum atomic E-state index is -0.136. The molecule has 0 aliphatic heterocycles. The fourth-order valence-electron chi connectivity index (χ4n) is 2.86. The average molecular weight is 339 g/mol. The fourth-order valence-corrected chi connectivity index (χ4v) is 3.13. The van der Waals surface area contributed by atoms with Gasteiger partial charge in [-0.1, -0.05) is 34.5 Å². The van der Waals surface area contributed by atoms with Crippen molar-refractivity contribution in [2.24, 2.45) is 5.41 Å². The van der Waals surface area contributed by atoms with Gasteiger partial charge in [0.25, 0.3) is 0 Å². The topological polar surface area (TPSA) is 32.3 Å². The molecule has 0 heterocycles. The molecule has 1 saturated carbocycles. The SMILES string of the molecule is CNCC1(C(=O)N(C)CCc2ccc(Br)cc2)CCC1. The highest BCUT2D eigenvalue weighted by Crippen LogP contribution is 2.41. The van der Waals surface area contributed by atoms with Crippen LogP contribution >= 0.6 is 15.9 Å². The number of likely N-dealkylation sites (N-methyl/N-ethyl adjacent to an activating group) is 1. The summed E-state index contributed by atoms with van der Waals surface area (Å²) < 4.78 is 1.09. The van der Waals surface area contributed by atoms with Gasteiger partial charge in [-0.05, 0) is 44.0 Å². The van der Waals surface area contributed by atoms with Gasteiger partial charge < -0.3 is 10.2 Å². The van der Waals surface area contributed by atoms with Gasteiger partial charge in [0, 0.05) is 24.6 Å². The highest BCUT2D eigenvalue weighted by molar-refractivity contribution is 9.10. The van der Waals surface area contributed by atoms with E-state index < -0.39 is 0 Å². The smallest absolute Gasteiger partial charge is 0.229 e. The van der Waals surface area contributed by atoms with Crippen LogP contribution < -0.4 is 5.32 Å². The Morgan fingerprint density at radius 3 is 2.50 bits per heavy atom. The van der Waals surface area contributed by atoms with Crippen molar-refractivity contribution in [1.29, 1.82) is 0 Å². The lowest BCUT2D eigenvalue weighted by Gasteiger charge is -2.42. The third-order valence-corrected chi connectivity index (χ3v) is 4.80. The van der Waals surface area contributed by atoms with Crippen molar-refractivity contribution in [3.63, 3.8) is 0 Å². The Hall–Kier alpha value is -0.870. The van der Waals surface area contributed by atoms with Crippen LogP contribution in [0.3, 0.4) is 0 Å². The van der Waals surface area contributed by atoms with Crippen molar-refractivity contribution in [3.8, 4) is 0 Å². The minimum absolute atomic E-state index is 0.136. The summed E-state index contributed by atoms with van der Waals surface area (Å²) in [5.41, 5.74) is 1.13. The van der Waals surface area contributed by atoms with Crippen LogP contribution in [0.4, 0.5) is 0 Å². The first-order chi connectivity index (χ1) is 9.57. The Bertz CT molecular complexity index is 454. The molecule has 1 aromatic carbocycles. The van der Waals surface area contributed by atoms with Gasteiger partial charge in [0.05, 0.1) is 5.41 Å². The van der Waals surface area contributed by atoms with Crippen LogP contribution in [0, 0.1) is 5.41 Å². The first-order valence-electron chi connectivity index (χ1n) is 7.22. The highest BCUT2D eigenvalue weighted by atomic mass is 79.9. The molecule has 1 aromatic rings. The Labute approximate surface area is 129 Å². The zero-order valence-electron chi connectivity index (χ0n) is 12.3. The number of halogens is 1. The number of amides is 1. The normalized spacial score (nSPS) is 16.6. The van der Waals surface area contributed by atoms with E-state index in [0.717, 1.165) is 36.8 Å². The number of carbonyl (C=O) groups is 1. The van der Waals surface area contributed by atoms with Crippen LogP contribution in [-0.4, -0.2) is 38.0 Å². The second-order valence-corrected chi connectivity index (χ2v) is 6.68. The lowest BCUT2D eigenvalue weighted by molar-refractivity contribution is -0.145. The summed E-state index contributed by atoms with van der Waals surface area (Å²) >= 11 is 3.44. The molecule has 0 radical (unpaired) electrons. The van der Waals surface area contributed by atoms with E-state index in [4.69, 9.17) is 0 Å². The predicted octanol–water partition coefficient (Wildman–Crippen LogP) is 2.84. The second-order valence-electron chi connectivity index (χ2n) is 5.77. The van der Waals surface area contributed by atoms with Gasteiger partial charge in [0.1, 0.15) is 0 Å². The van der Waals surface area contributed by atoms with Crippen molar-refractivity contribution in [1.82, 2.24) is 10.2 Å². The third kappa shape index (κ3) is 3.41. The fraction of sp³-hybridized carbons (Fsp3) is 0.562. The second kappa shape index (κ2) is 6.72. The maximum absolute atomic E-state index is 12.6. The maximum Gasteiger partial charge on any atom is 0.229 e. The molecule has 1 fully saturated rings. The molecule has 4 heteroatoms. The molecule has 2 rings (SSSR count). The minimum Gasteiger partial charge on any atom is -0.345 e. The summed E-state index contributed by atoms with van der Waals surface area (Å²) in [5, 5.41) is 3.17. The lowest BCUT2D eigenvalue weighted by atomic mass is 9.67. The number of nitrogens with one attached hydrogen (secondary N) is 1. The zero-order valence-corrected chi connectivity index (χ0v) is 13.9.